The van der Waals surface area contributed by atoms with Gasteiger partial charge in [0.05, 0.1) is 11.4 Å². The lowest BCUT2D eigenvalue weighted by Crippen LogP contribution is -2.27. The maximum Gasteiger partial charge on any atom is 0.238 e. The van der Waals surface area contributed by atoms with E-state index in [0.29, 0.717) is 5.69 Å². The van der Waals surface area contributed by atoms with E-state index in [1.54, 1.807) is 12.1 Å². The summed E-state index contributed by atoms with van der Waals surface area (Å²) in [6.45, 7) is 3.86. The Morgan fingerprint density at radius 1 is 1.44 bits per heavy atom. The van der Waals surface area contributed by atoms with Crippen LogP contribution in [0.15, 0.2) is 24.3 Å². The summed E-state index contributed by atoms with van der Waals surface area (Å²) in [4.78, 5) is 11.6. The third-order valence-corrected chi connectivity index (χ3v) is 3.75. The van der Waals surface area contributed by atoms with Gasteiger partial charge in [0, 0.05) is 11.3 Å². The lowest BCUT2D eigenvalue weighted by Gasteiger charge is -2.15. The molecule has 0 aliphatic carbocycles. The van der Waals surface area contributed by atoms with Crippen LogP contribution >= 0.6 is 15.9 Å². The molecule has 1 rings (SSSR count). The number of carbonyl (C=O) groups excluding carboxylic acids is 1. The summed E-state index contributed by atoms with van der Waals surface area (Å²) in [5.74, 6) is 0.136. The Balaban J connectivity index is 2.76. The summed E-state index contributed by atoms with van der Waals surface area (Å²) in [6, 6.07) is 7.22. The second-order valence-electron chi connectivity index (χ2n) is 3.95. The zero-order chi connectivity index (χ0) is 12.1. The van der Waals surface area contributed by atoms with Crippen LogP contribution in [0.4, 0.5) is 5.69 Å². The predicted molar refractivity (Wildman–Crippen MR) is 68.5 cm³/mol. The fourth-order valence-corrected chi connectivity index (χ4v) is 1.40. The average Bonchev–Trinajstić information content (AvgIpc) is 2.28. The van der Waals surface area contributed by atoms with Crippen LogP contribution in [0.3, 0.4) is 0 Å². The van der Waals surface area contributed by atoms with Gasteiger partial charge in [-0.05, 0) is 12.0 Å². The Kier molecular flexibility index (Phi) is 4.96. The topological polar surface area (TPSA) is 49.3 Å². The monoisotopic (exact) mass is 285 g/mol. The van der Waals surface area contributed by atoms with E-state index >= 15 is 0 Å². The van der Waals surface area contributed by atoms with Crippen LogP contribution in [-0.2, 0) is 11.4 Å². The molecule has 0 saturated heterocycles. The van der Waals surface area contributed by atoms with Crippen LogP contribution in [0.2, 0.25) is 0 Å². The molecule has 0 aromatic heterocycles. The van der Waals surface area contributed by atoms with Crippen molar-refractivity contribution in [2.75, 3.05) is 5.32 Å². The quantitative estimate of drug-likeness (QED) is 0.836. The Morgan fingerprint density at radius 3 is 2.62 bits per heavy atom. The van der Waals surface area contributed by atoms with Crippen molar-refractivity contribution in [3.8, 4) is 0 Å². The van der Waals surface area contributed by atoms with Gasteiger partial charge in [0.1, 0.15) is 0 Å². The minimum atomic E-state index is -0.223. The van der Waals surface area contributed by atoms with Gasteiger partial charge in [-0.1, -0.05) is 48.0 Å². The minimum absolute atomic E-state index is 0.0783. The molecule has 0 spiro atoms. The number of carbonyl (C=O) groups is 1. The van der Waals surface area contributed by atoms with Crippen molar-refractivity contribution < 1.29 is 9.90 Å². The normalized spacial score (nSPS) is 12.6. The summed E-state index contributed by atoms with van der Waals surface area (Å²) in [5, 5.41) is 11.9. The Bertz CT molecular complexity index is 366. The second-order valence-corrected chi connectivity index (χ2v) is 4.94. The van der Waals surface area contributed by atoms with Crippen molar-refractivity contribution in [1.29, 1.82) is 0 Å². The molecule has 4 heteroatoms. The van der Waals surface area contributed by atoms with Crippen LogP contribution in [0.25, 0.3) is 0 Å². The van der Waals surface area contributed by atoms with Crippen LogP contribution in [0.1, 0.15) is 19.4 Å². The molecule has 1 unspecified atom stereocenters. The van der Waals surface area contributed by atoms with Crippen LogP contribution < -0.4 is 5.32 Å². The largest absolute Gasteiger partial charge is 0.392 e. The summed E-state index contributed by atoms with van der Waals surface area (Å²) in [6.07, 6.45) is 0. The zero-order valence-corrected chi connectivity index (χ0v) is 11.0. The first-order valence-electron chi connectivity index (χ1n) is 5.20. The number of anilines is 1. The molecular weight excluding hydrogens is 270 g/mol. The molecule has 0 bridgehead atoms. The number of aliphatic hydroxyl groups is 1. The molecule has 2 N–H and O–H groups in total. The molecule has 1 amide bonds. The third kappa shape index (κ3) is 3.32. The molecule has 1 aromatic carbocycles. The lowest BCUT2D eigenvalue weighted by molar-refractivity contribution is -0.116. The maximum absolute atomic E-state index is 11.8. The first kappa shape index (κ1) is 13.2. The van der Waals surface area contributed by atoms with Crippen molar-refractivity contribution in [3.05, 3.63) is 29.8 Å². The van der Waals surface area contributed by atoms with Crippen molar-refractivity contribution >= 4 is 27.5 Å². The summed E-state index contributed by atoms with van der Waals surface area (Å²) < 4.78 is 0. The third-order valence-electron chi connectivity index (χ3n) is 2.28. The number of nitrogens with one attached hydrogen (secondary N) is 1. The Morgan fingerprint density at radius 2 is 2.06 bits per heavy atom. The van der Waals surface area contributed by atoms with E-state index in [2.05, 4.69) is 21.2 Å². The van der Waals surface area contributed by atoms with E-state index in [0.717, 1.165) is 5.56 Å². The minimum Gasteiger partial charge on any atom is -0.392 e. The van der Waals surface area contributed by atoms with Crippen LogP contribution in [0.5, 0.6) is 0 Å². The number of rotatable bonds is 4. The van der Waals surface area contributed by atoms with Crippen molar-refractivity contribution in [2.24, 2.45) is 5.92 Å². The summed E-state index contributed by atoms with van der Waals surface area (Å²) in [5.41, 5.74) is 1.39. The highest BCUT2D eigenvalue weighted by Crippen LogP contribution is 2.18. The van der Waals surface area contributed by atoms with E-state index in [1.807, 2.05) is 26.0 Å². The highest BCUT2D eigenvalue weighted by atomic mass is 79.9. The zero-order valence-electron chi connectivity index (χ0n) is 9.40. The highest BCUT2D eigenvalue weighted by molar-refractivity contribution is 9.10. The average molecular weight is 286 g/mol. The fraction of sp³-hybridized carbons (Fsp3) is 0.417. The Hall–Kier alpha value is -0.870. The number of amides is 1. The molecular formula is C12H16BrNO2. The number of benzene rings is 1. The molecule has 0 heterocycles. The number of hydrogen-bond donors (Lipinski definition) is 2. The van der Waals surface area contributed by atoms with Crippen molar-refractivity contribution in [1.82, 2.24) is 0 Å². The summed E-state index contributed by atoms with van der Waals surface area (Å²) in [7, 11) is 0. The van der Waals surface area contributed by atoms with Gasteiger partial charge in [-0.3, -0.25) is 4.79 Å². The van der Waals surface area contributed by atoms with Crippen molar-refractivity contribution in [2.45, 2.75) is 25.3 Å². The Labute approximate surface area is 104 Å². The van der Waals surface area contributed by atoms with Gasteiger partial charge in [0.15, 0.2) is 0 Å². The van der Waals surface area contributed by atoms with Gasteiger partial charge in [-0.2, -0.15) is 0 Å². The maximum atomic E-state index is 11.8. The van der Waals surface area contributed by atoms with Crippen LogP contribution in [0, 0.1) is 5.92 Å². The second kappa shape index (κ2) is 6.01. The number of aliphatic hydroxyl groups excluding tert-OH is 1. The number of halogens is 1. The molecule has 0 radical (unpaired) electrons. The predicted octanol–water partition coefficient (Wildman–Crippen LogP) is 2.54. The van der Waals surface area contributed by atoms with E-state index in [9.17, 15) is 4.79 Å². The first-order chi connectivity index (χ1) is 7.56. The molecule has 0 saturated carbocycles. The van der Waals surface area contributed by atoms with Gasteiger partial charge in [0.2, 0.25) is 5.91 Å². The molecule has 16 heavy (non-hydrogen) atoms. The highest BCUT2D eigenvalue weighted by Gasteiger charge is 2.19. The standard InChI is InChI=1S/C12H16BrNO2/c1-8(2)11(13)12(16)14-10-6-4-3-5-9(10)7-15/h3-6,8,11,15H,7H2,1-2H3,(H,14,16). The smallest absolute Gasteiger partial charge is 0.238 e. The van der Waals surface area contributed by atoms with E-state index in [1.165, 1.54) is 0 Å². The van der Waals surface area contributed by atoms with Gasteiger partial charge in [-0.15, -0.1) is 0 Å². The van der Waals surface area contributed by atoms with E-state index in [4.69, 9.17) is 5.11 Å². The number of alkyl halides is 1. The van der Waals surface area contributed by atoms with Gasteiger partial charge < -0.3 is 10.4 Å². The number of para-hydroxylation sites is 1. The summed E-state index contributed by atoms with van der Waals surface area (Å²) >= 11 is 3.34. The molecule has 0 fully saturated rings. The van der Waals surface area contributed by atoms with Crippen molar-refractivity contribution in [3.63, 3.8) is 0 Å². The van der Waals surface area contributed by atoms with Crippen LogP contribution in [-0.4, -0.2) is 15.8 Å². The molecule has 3 nitrogen and oxygen atoms in total. The lowest BCUT2D eigenvalue weighted by atomic mass is 10.1. The van der Waals surface area contributed by atoms with Gasteiger partial charge >= 0.3 is 0 Å². The van der Waals surface area contributed by atoms with Gasteiger partial charge in [-0.25, -0.2) is 0 Å². The number of hydrogen-bond acceptors (Lipinski definition) is 2. The molecule has 0 aliphatic heterocycles. The molecule has 1 aromatic rings. The SMILES string of the molecule is CC(C)C(Br)C(=O)Nc1ccccc1CO. The van der Waals surface area contributed by atoms with E-state index in [-0.39, 0.29) is 23.3 Å². The molecule has 1 atom stereocenters. The molecule has 88 valence electrons. The van der Waals surface area contributed by atoms with E-state index < -0.39 is 0 Å². The first-order valence-corrected chi connectivity index (χ1v) is 6.11. The fourth-order valence-electron chi connectivity index (χ4n) is 1.28. The van der Waals surface area contributed by atoms with Gasteiger partial charge in [0.25, 0.3) is 0 Å². The molecule has 0 aliphatic rings.